The van der Waals surface area contributed by atoms with Gasteiger partial charge in [-0.05, 0) is 18.4 Å². The van der Waals surface area contributed by atoms with Crippen molar-refractivity contribution in [2.45, 2.75) is 5.16 Å². The Balaban J connectivity index is 2.20. The van der Waals surface area contributed by atoms with Crippen LogP contribution in [0.5, 0.6) is 0 Å². The lowest BCUT2D eigenvalue weighted by Crippen LogP contribution is -2.22. The summed E-state index contributed by atoms with van der Waals surface area (Å²) in [6.07, 6.45) is 6.94. The summed E-state index contributed by atoms with van der Waals surface area (Å²) in [4.78, 5) is 25.9. The topological polar surface area (TPSA) is 65.1 Å². The fraction of sp³-hybridized carbons (Fsp3) is 0.0667. The maximum absolute atomic E-state index is 12.9. The molecule has 3 heterocycles. The Morgan fingerprint density at radius 3 is 2.73 bits per heavy atom. The third-order valence-electron chi connectivity index (χ3n) is 3.43. The Morgan fingerprint density at radius 2 is 1.95 bits per heavy atom. The number of para-hydroxylation sites is 1. The zero-order valence-corrected chi connectivity index (χ0v) is 12.5. The van der Waals surface area contributed by atoms with Crippen molar-refractivity contribution in [2.24, 2.45) is 0 Å². The monoisotopic (exact) mass is 309 g/mol. The molecule has 0 N–H and O–H groups in total. The number of hydrogen-bond donors (Lipinski definition) is 0. The van der Waals surface area contributed by atoms with E-state index in [4.69, 9.17) is 0 Å². The van der Waals surface area contributed by atoms with Crippen LogP contribution in [0.15, 0.2) is 58.9 Å². The molecule has 0 bridgehead atoms. The maximum atomic E-state index is 12.9. The standard InChI is InChI=1S/C15H11N5OS/c1-22-14-17-9-11-12(18-14)19-8-7-16-15(19)20(13(11)21)10-5-3-2-4-6-10/h2-9H,1H3. The maximum Gasteiger partial charge on any atom is 0.270 e. The van der Waals surface area contributed by atoms with Crippen molar-refractivity contribution < 1.29 is 0 Å². The summed E-state index contributed by atoms with van der Waals surface area (Å²) >= 11 is 1.44. The van der Waals surface area contributed by atoms with Crippen LogP contribution in [0.25, 0.3) is 22.5 Å². The zero-order chi connectivity index (χ0) is 15.1. The van der Waals surface area contributed by atoms with Crippen molar-refractivity contribution in [1.29, 1.82) is 0 Å². The molecule has 0 saturated heterocycles. The van der Waals surface area contributed by atoms with Gasteiger partial charge in [0, 0.05) is 18.6 Å². The highest BCUT2D eigenvalue weighted by molar-refractivity contribution is 7.98. The molecule has 0 aliphatic rings. The Labute approximate surface area is 129 Å². The smallest absolute Gasteiger partial charge is 0.268 e. The lowest BCUT2D eigenvalue weighted by Gasteiger charge is -2.10. The molecule has 0 radical (unpaired) electrons. The van der Waals surface area contributed by atoms with Crippen LogP contribution in [0.1, 0.15) is 0 Å². The van der Waals surface area contributed by atoms with Gasteiger partial charge in [-0.2, -0.15) is 0 Å². The minimum Gasteiger partial charge on any atom is -0.268 e. The molecule has 0 aliphatic heterocycles. The summed E-state index contributed by atoms with van der Waals surface area (Å²) in [5, 5.41) is 1.09. The number of aromatic nitrogens is 5. The molecule has 3 aromatic heterocycles. The highest BCUT2D eigenvalue weighted by atomic mass is 32.2. The molecule has 108 valence electrons. The second kappa shape index (κ2) is 4.96. The minimum atomic E-state index is -0.174. The second-order valence-corrected chi connectivity index (χ2v) is 5.44. The predicted molar refractivity (Wildman–Crippen MR) is 85.7 cm³/mol. The quantitative estimate of drug-likeness (QED) is 0.419. The summed E-state index contributed by atoms with van der Waals surface area (Å²) in [6.45, 7) is 0. The molecule has 22 heavy (non-hydrogen) atoms. The van der Waals surface area contributed by atoms with Crippen molar-refractivity contribution in [3.05, 3.63) is 59.3 Å². The molecule has 6 nitrogen and oxygen atoms in total. The van der Waals surface area contributed by atoms with Gasteiger partial charge in [0.05, 0.1) is 5.69 Å². The number of fused-ring (bicyclic) bond motifs is 3. The first-order valence-corrected chi connectivity index (χ1v) is 7.86. The number of rotatable bonds is 2. The number of benzene rings is 1. The first-order valence-electron chi connectivity index (χ1n) is 6.64. The van der Waals surface area contributed by atoms with Crippen LogP contribution in [0.2, 0.25) is 0 Å². The molecule has 1 aromatic carbocycles. The van der Waals surface area contributed by atoms with Crippen LogP contribution in [0.4, 0.5) is 0 Å². The van der Waals surface area contributed by atoms with Crippen LogP contribution >= 0.6 is 11.8 Å². The lowest BCUT2D eigenvalue weighted by atomic mass is 10.3. The van der Waals surface area contributed by atoms with E-state index >= 15 is 0 Å². The van der Waals surface area contributed by atoms with Gasteiger partial charge in [0.2, 0.25) is 5.78 Å². The molecule has 4 aromatic rings. The van der Waals surface area contributed by atoms with Gasteiger partial charge in [0.25, 0.3) is 5.56 Å². The van der Waals surface area contributed by atoms with E-state index in [2.05, 4.69) is 15.0 Å². The number of imidazole rings is 1. The van der Waals surface area contributed by atoms with E-state index in [1.165, 1.54) is 11.8 Å². The van der Waals surface area contributed by atoms with Crippen LogP contribution in [0, 0.1) is 0 Å². The van der Waals surface area contributed by atoms with Gasteiger partial charge in [0.1, 0.15) is 5.39 Å². The molecule has 0 atom stereocenters. The molecule has 0 fully saturated rings. The van der Waals surface area contributed by atoms with Gasteiger partial charge >= 0.3 is 0 Å². The van der Waals surface area contributed by atoms with E-state index in [0.717, 1.165) is 5.69 Å². The summed E-state index contributed by atoms with van der Waals surface area (Å²) < 4.78 is 3.38. The Bertz CT molecular complexity index is 1040. The zero-order valence-electron chi connectivity index (χ0n) is 11.7. The highest BCUT2D eigenvalue weighted by Gasteiger charge is 2.14. The van der Waals surface area contributed by atoms with Gasteiger partial charge in [-0.25, -0.2) is 19.5 Å². The first kappa shape index (κ1) is 13.0. The Kier molecular flexibility index (Phi) is 2.93. The average molecular weight is 309 g/mol. The lowest BCUT2D eigenvalue weighted by molar-refractivity contribution is 0.926. The summed E-state index contributed by atoms with van der Waals surface area (Å²) in [5.74, 6) is 0.537. The molecular formula is C15H11N5OS. The summed E-state index contributed by atoms with van der Waals surface area (Å²) in [7, 11) is 0. The number of nitrogens with zero attached hydrogens (tertiary/aromatic N) is 5. The average Bonchev–Trinajstić information content (AvgIpc) is 3.05. The van der Waals surface area contributed by atoms with Crippen LogP contribution in [-0.4, -0.2) is 30.2 Å². The van der Waals surface area contributed by atoms with Crippen molar-refractivity contribution in [2.75, 3.05) is 6.26 Å². The van der Waals surface area contributed by atoms with E-state index in [-0.39, 0.29) is 5.56 Å². The van der Waals surface area contributed by atoms with Crippen LogP contribution in [-0.2, 0) is 0 Å². The van der Waals surface area contributed by atoms with Gasteiger partial charge in [-0.15, -0.1) is 0 Å². The molecule has 0 spiro atoms. The Hall–Kier alpha value is -2.67. The van der Waals surface area contributed by atoms with Gasteiger partial charge < -0.3 is 0 Å². The fourth-order valence-corrected chi connectivity index (χ4v) is 2.77. The van der Waals surface area contributed by atoms with Crippen molar-refractivity contribution in [1.82, 2.24) is 23.9 Å². The van der Waals surface area contributed by atoms with Crippen LogP contribution in [0.3, 0.4) is 0 Å². The largest absolute Gasteiger partial charge is 0.270 e. The number of thioether (sulfide) groups is 1. The van der Waals surface area contributed by atoms with Gasteiger partial charge in [-0.1, -0.05) is 30.0 Å². The predicted octanol–water partition coefficient (Wildman–Crippen LogP) is 2.15. The Morgan fingerprint density at radius 1 is 1.14 bits per heavy atom. The van der Waals surface area contributed by atoms with E-state index < -0.39 is 0 Å². The molecule has 7 heteroatoms. The minimum absolute atomic E-state index is 0.174. The molecule has 0 amide bonds. The van der Waals surface area contributed by atoms with E-state index in [1.807, 2.05) is 41.0 Å². The van der Waals surface area contributed by atoms with Crippen molar-refractivity contribution in [3.8, 4) is 5.69 Å². The number of hydrogen-bond acceptors (Lipinski definition) is 5. The van der Waals surface area contributed by atoms with Crippen molar-refractivity contribution >= 4 is 28.6 Å². The molecule has 0 unspecified atom stereocenters. The third-order valence-corrected chi connectivity index (χ3v) is 3.99. The van der Waals surface area contributed by atoms with E-state index in [1.54, 1.807) is 23.2 Å². The fourth-order valence-electron chi connectivity index (χ4n) is 2.44. The summed E-state index contributed by atoms with van der Waals surface area (Å²) in [6, 6.07) is 9.43. The van der Waals surface area contributed by atoms with E-state index in [0.29, 0.717) is 22.0 Å². The van der Waals surface area contributed by atoms with Gasteiger partial charge in [-0.3, -0.25) is 9.20 Å². The first-order chi connectivity index (χ1) is 10.8. The van der Waals surface area contributed by atoms with E-state index in [9.17, 15) is 4.79 Å². The SMILES string of the molecule is CSc1ncc2c(=O)n(-c3ccccc3)c3nccn3c2n1. The van der Waals surface area contributed by atoms with Crippen molar-refractivity contribution in [3.63, 3.8) is 0 Å². The van der Waals surface area contributed by atoms with Gasteiger partial charge in [0.15, 0.2) is 10.8 Å². The molecule has 0 aliphatic carbocycles. The van der Waals surface area contributed by atoms with Crippen LogP contribution < -0.4 is 5.56 Å². The summed E-state index contributed by atoms with van der Waals surface area (Å²) in [5.41, 5.74) is 1.16. The normalized spacial score (nSPS) is 11.3. The molecule has 4 rings (SSSR count). The molecule has 0 saturated carbocycles. The highest BCUT2D eigenvalue weighted by Crippen LogP contribution is 2.16. The molecular weight excluding hydrogens is 298 g/mol. The third kappa shape index (κ3) is 1.82. The second-order valence-electron chi connectivity index (χ2n) is 4.67.